The summed E-state index contributed by atoms with van der Waals surface area (Å²) in [5, 5.41) is 3.79. The van der Waals surface area contributed by atoms with Gasteiger partial charge in [-0.15, -0.1) is 0 Å². The maximum Gasteiger partial charge on any atom is 0.240 e. The summed E-state index contributed by atoms with van der Waals surface area (Å²) in [5.41, 5.74) is 4.55. The molecule has 0 aliphatic carbocycles. The van der Waals surface area contributed by atoms with E-state index < -0.39 is 10.0 Å². The zero-order chi connectivity index (χ0) is 18.5. The summed E-state index contributed by atoms with van der Waals surface area (Å²) >= 11 is 0. The van der Waals surface area contributed by atoms with Crippen LogP contribution in [0.4, 0.5) is 5.69 Å². The Bertz CT molecular complexity index is 1150. The van der Waals surface area contributed by atoms with E-state index in [0.717, 1.165) is 22.2 Å². The van der Waals surface area contributed by atoms with Crippen LogP contribution >= 0.6 is 0 Å². The summed E-state index contributed by atoms with van der Waals surface area (Å²) < 4.78 is 29.9. The first-order valence-electron chi connectivity index (χ1n) is 8.31. The van der Waals surface area contributed by atoms with Crippen LogP contribution in [-0.4, -0.2) is 18.9 Å². The van der Waals surface area contributed by atoms with Crippen molar-refractivity contribution in [3.05, 3.63) is 59.3 Å². The van der Waals surface area contributed by atoms with Gasteiger partial charge in [0.1, 0.15) is 0 Å². The number of hydrogen-bond donors (Lipinski definition) is 2. The van der Waals surface area contributed by atoms with Crippen LogP contribution in [0.3, 0.4) is 0 Å². The number of carbonyl (C=O) groups excluding carboxylic acids is 1. The van der Waals surface area contributed by atoms with E-state index in [4.69, 9.17) is 0 Å². The molecular formula is C19H19N3O3S. The number of nitrogens with zero attached hydrogens (tertiary/aromatic N) is 1. The largest absolute Gasteiger partial charge is 0.348 e. The van der Waals surface area contributed by atoms with Crippen molar-refractivity contribution in [3.8, 4) is 0 Å². The van der Waals surface area contributed by atoms with Crippen molar-refractivity contribution in [2.45, 2.75) is 24.8 Å². The van der Waals surface area contributed by atoms with Gasteiger partial charge in [-0.05, 0) is 54.4 Å². The van der Waals surface area contributed by atoms with E-state index in [9.17, 15) is 13.2 Å². The molecule has 0 spiro atoms. The number of nitrogens with one attached hydrogen (secondary N) is 2. The molecule has 2 aromatic carbocycles. The molecule has 26 heavy (non-hydrogen) atoms. The zero-order valence-electron chi connectivity index (χ0n) is 14.5. The highest BCUT2D eigenvalue weighted by Crippen LogP contribution is 2.26. The minimum absolute atomic E-state index is 0.117. The van der Waals surface area contributed by atoms with E-state index in [1.165, 1.54) is 6.07 Å². The van der Waals surface area contributed by atoms with Gasteiger partial charge in [0, 0.05) is 35.9 Å². The fraction of sp³-hybridized carbons (Fsp3) is 0.211. The molecular weight excluding hydrogens is 350 g/mol. The monoisotopic (exact) mass is 369 g/mol. The molecule has 3 aromatic rings. The Hall–Kier alpha value is -2.64. The van der Waals surface area contributed by atoms with Crippen molar-refractivity contribution in [3.63, 3.8) is 0 Å². The summed E-state index contributed by atoms with van der Waals surface area (Å²) in [5.74, 6) is -0.117. The van der Waals surface area contributed by atoms with Gasteiger partial charge in [0.15, 0.2) is 0 Å². The molecule has 0 saturated carbocycles. The van der Waals surface area contributed by atoms with E-state index in [1.807, 2.05) is 32.2 Å². The highest BCUT2D eigenvalue weighted by atomic mass is 32.2. The number of aromatic nitrogens is 1. The third-order valence-electron chi connectivity index (χ3n) is 4.83. The molecule has 1 aliphatic rings. The predicted octanol–water partition coefficient (Wildman–Crippen LogP) is 2.46. The molecule has 4 rings (SSSR count). The lowest BCUT2D eigenvalue weighted by atomic mass is 10.1. The molecule has 7 heteroatoms. The maximum absolute atomic E-state index is 12.6. The highest BCUT2D eigenvalue weighted by Gasteiger charge is 2.21. The number of sulfonamides is 1. The van der Waals surface area contributed by atoms with Gasteiger partial charge in [-0.3, -0.25) is 4.79 Å². The molecule has 0 atom stereocenters. The Morgan fingerprint density at radius 3 is 2.77 bits per heavy atom. The molecule has 2 heterocycles. The highest BCUT2D eigenvalue weighted by molar-refractivity contribution is 7.89. The van der Waals surface area contributed by atoms with Crippen molar-refractivity contribution < 1.29 is 13.2 Å². The molecule has 0 saturated heterocycles. The van der Waals surface area contributed by atoms with E-state index in [-0.39, 0.29) is 23.8 Å². The van der Waals surface area contributed by atoms with Crippen molar-refractivity contribution >= 4 is 32.5 Å². The van der Waals surface area contributed by atoms with Crippen LogP contribution in [0.1, 0.15) is 16.8 Å². The minimum Gasteiger partial charge on any atom is -0.348 e. The lowest BCUT2D eigenvalue weighted by Gasteiger charge is -2.09. The molecule has 6 nitrogen and oxygen atoms in total. The molecule has 0 fully saturated rings. The number of hydrogen-bond acceptors (Lipinski definition) is 3. The number of anilines is 1. The van der Waals surface area contributed by atoms with Gasteiger partial charge < -0.3 is 9.88 Å². The summed E-state index contributed by atoms with van der Waals surface area (Å²) in [6, 6.07) is 12.7. The van der Waals surface area contributed by atoms with E-state index in [2.05, 4.69) is 20.7 Å². The minimum atomic E-state index is -3.65. The standard InChI is InChI=1S/C19H19N3O3S/c1-12-7-15-8-13(3-6-18(15)22(12)2)11-20-26(24,25)16-4-5-17-14(9-16)10-19(23)21-17/h3-9,20H,10-11H2,1-2H3,(H,21,23). The SMILES string of the molecule is Cc1cc2cc(CNS(=O)(=O)c3ccc4c(c3)CC(=O)N4)ccc2n1C. The van der Waals surface area contributed by atoms with Gasteiger partial charge in [0.25, 0.3) is 0 Å². The predicted molar refractivity (Wildman–Crippen MR) is 100 cm³/mol. The molecule has 0 unspecified atom stereocenters. The van der Waals surface area contributed by atoms with Crippen LogP contribution in [0.15, 0.2) is 47.4 Å². The van der Waals surface area contributed by atoms with E-state index in [0.29, 0.717) is 11.3 Å². The van der Waals surface area contributed by atoms with Gasteiger partial charge in [-0.2, -0.15) is 0 Å². The maximum atomic E-state index is 12.6. The first kappa shape index (κ1) is 16.8. The smallest absolute Gasteiger partial charge is 0.240 e. The van der Waals surface area contributed by atoms with Gasteiger partial charge in [0.2, 0.25) is 15.9 Å². The number of aryl methyl sites for hydroxylation is 2. The van der Waals surface area contributed by atoms with Crippen LogP contribution in [0.2, 0.25) is 0 Å². The van der Waals surface area contributed by atoms with Crippen LogP contribution in [-0.2, 0) is 34.8 Å². The first-order chi connectivity index (χ1) is 12.3. The van der Waals surface area contributed by atoms with Crippen LogP contribution in [0, 0.1) is 6.92 Å². The number of rotatable bonds is 4. The lowest BCUT2D eigenvalue weighted by Crippen LogP contribution is -2.23. The number of benzene rings is 2. The Labute approximate surface area is 151 Å². The Morgan fingerprint density at radius 2 is 1.96 bits per heavy atom. The second-order valence-electron chi connectivity index (χ2n) is 6.61. The summed E-state index contributed by atoms with van der Waals surface area (Å²) in [7, 11) is -1.64. The molecule has 1 aliphatic heterocycles. The second-order valence-corrected chi connectivity index (χ2v) is 8.37. The van der Waals surface area contributed by atoms with Crippen LogP contribution < -0.4 is 10.0 Å². The normalized spacial score (nSPS) is 13.8. The topological polar surface area (TPSA) is 80.2 Å². The zero-order valence-corrected chi connectivity index (χ0v) is 15.4. The van der Waals surface area contributed by atoms with E-state index >= 15 is 0 Å². The van der Waals surface area contributed by atoms with Crippen molar-refractivity contribution in [2.75, 3.05) is 5.32 Å². The Morgan fingerprint density at radius 1 is 1.15 bits per heavy atom. The molecule has 134 valence electrons. The second kappa shape index (κ2) is 5.96. The summed E-state index contributed by atoms with van der Waals surface area (Å²) in [6.07, 6.45) is 0.211. The van der Waals surface area contributed by atoms with Crippen LogP contribution in [0.25, 0.3) is 10.9 Å². The third kappa shape index (κ3) is 2.89. The fourth-order valence-corrected chi connectivity index (χ4v) is 4.35. The van der Waals surface area contributed by atoms with Gasteiger partial charge in [-0.25, -0.2) is 13.1 Å². The number of fused-ring (bicyclic) bond motifs is 2. The molecule has 1 aromatic heterocycles. The molecule has 2 N–H and O–H groups in total. The first-order valence-corrected chi connectivity index (χ1v) is 9.79. The summed E-state index contributed by atoms with van der Waals surface area (Å²) in [6.45, 7) is 2.25. The molecule has 1 amide bonds. The average molecular weight is 369 g/mol. The molecule has 0 bridgehead atoms. The van der Waals surface area contributed by atoms with Gasteiger partial charge >= 0.3 is 0 Å². The van der Waals surface area contributed by atoms with Gasteiger partial charge in [0.05, 0.1) is 11.3 Å². The summed E-state index contributed by atoms with van der Waals surface area (Å²) in [4.78, 5) is 11.6. The van der Waals surface area contributed by atoms with Crippen molar-refractivity contribution in [1.29, 1.82) is 0 Å². The Kier molecular flexibility index (Phi) is 3.86. The van der Waals surface area contributed by atoms with Crippen LogP contribution in [0.5, 0.6) is 0 Å². The van der Waals surface area contributed by atoms with Gasteiger partial charge in [-0.1, -0.05) is 6.07 Å². The molecule has 0 radical (unpaired) electrons. The number of carbonyl (C=O) groups is 1. The Balaban J connectivity index is 1.55. The number of amides is 1. The fourth-order valence-electron chi connectivity index (χ4n) is 3.28. The van der Waals surface area contributed by atoms with Crippen molar-refractivity contribution in [1.82, 2.24) is 9.29 Å². The third-order valence-corrected chi connectivity index (χ3v) is 6.22. The van der Waals surface area contributed by atoms with E-state index in [1.54, 1.807) is 12.1 Å². The van der Waals surface area contributed by atoms with Crippen molar-refractivity contribution in [2.24, 2.45) is 7.05 Å². The lowest BCUT2D eigenvalue weighted by molar-refractivity contribution is -0.115. The quantitative estimate of drug-likeness (QED) is 0.741. The average Bonchev–Trinajstić information content (AvgIpc) is 3.11.